The number of hydrogen-bond donors (Lipinski definition) is 1. The second kappa shape index (κ2) is 9.63. The van der Waals surface area contributed by atoms with E-state index in [-0.39, 0.29) is 5.75 Å². The van der Waals surface area contributed by atoms with Crippen molar-refractivity contribution in [2.75, 3.05) is 46.2 Å². The molecule has 1 fully saturated rings. The second-order valence-corrected chi connectivity index (χ2v) is 9.39. The van der Waals surface area contributed by atoms with E-state index in [0.29, 0.717) is 18.4 Å². The average Bonchev–Trinajstić information content (AvgIpc) is 2.72. The Balaban J connectivity index is 1.55. The Morgan fingerprint density at radius 2 is 1.96 bits per heavy atom. The third-order valence-corrected chi connectivity index (χ3v) is 6.93. The first-order valence-corrected chi connectivity index (χ1v) is 10.8. The van der Waals surface area contributed by atoms with Crippen LogP contribution in [0.15, 0.2) is 42.6 Å². The van der Waals surface area contributed by atoms with Crippen molar-refractivity contribution in [1.82, 2.24) is 4.98 Å². The summed E-state index contributed by atoms with van der Waals surface area (Å²) in [4.78, 5) is 4.24. The Bertz CT molecular complexity index is 734. The van der Waals surface area contributed by atoms with Crippen molar-refractivity contribution in [3.8, 4) is 22.8 Å². The first kappa shape index (κ1) is 21.0. The van der Waals surface area contributed by atoms with E-state index >= 15 is 0 Å². The largest absolute Gasteiger partial charge is 0.506 e. The molecule has 0 spiro atoms. The van der Waals surface area contributed by atoms with Gasteiger partial charge < -0.3 is 14.6 Å². The van der Waals surface area contributed by atoms with Crippen LogP contribution in [-0.2, 0) is 4.74 Å². The standard InChI is InChI=1S/C22H30N2O3S/c1-4-24(2,3)28-16-18-11-12-26-14-19(18)15-27-21-8-5-17(6-9-21)22-10-7-20(25)13-23-22/h5-10,13,18-19H,4,11-12,14-16H2,1-3H3/p+1. The molecule has 1 saturated heterocycles. The number of quaternary nitrogens is 1. The highest BCUT2D eigenvalue weighted by molar-refractivity contribution is 7.93. The summed E-state index contributed by atoms with van der Waals surface area (Å²) in [6, 6.07) is 11.4. The molecule has 1 aromatic heterocycles. The molecule has 0 saturated carbocycles. The van der Waals surface area contributed by atoms with E-state index in [1.807, 2.05) is 42.3 Å². The summed E-state index contributed by atoms with van der Waals surface area (Å²) in [6.45, 7) is 5.67. The Labute approximate surface area is 172 Å². The molecule has 0 amide bonds. The highest BCUT2D eigenvalue weighted by atomic mass is 32.2. The molecule has 1 N–H and O–H groups in total. The lowest BCUT2D eigenvalue weighted by Gasteiger charge is -2.33. The number of aromatic nitrogens is 1. The first-order valence-electron chi connectivity index (χ1n) is 9.90. The Kier molecular flexibility index (Phi) is 7.21. The van der Waals surface area contributed by atoms with Gasteiger partial charge in [-0.2, -0.15) is 0 Å². The summed E-state index contributed by atoms with van der Waals surface area (Å²) in [5.74, 6) is 3.24. The number of hydrogen-bond acceptors (Lipinski definition) is 5. The van der Waals surface area contributed by atoms with Crippen molar-refractivity contribution in [3.63, 3.8) is 0 Å². The van der Waals surface area contributed by atoms with Crippen LogP contribution < -0.4 is 4.74 Å². The van der Waals surface area contributed by atoms with Gasteiger partial charge >= 0.3 is 0 Å². The van der Waals surface area contributed by atoms with E-state index in [4.69, 9.17) is 9.47 Å². The number of rotatable bonds is 8. The molecule has 0 aliphatic carbocycles. The zero-order valence-electron chi connectivity index (χ0n) is 17.0. The Morgan fingerprint density at radius 3 is 2.64 bits per heavy atom. The highest BCUT2D eigenvalue weighted by Gasteiger charge is 2.29. The summed E-state index contributed by atoms with van der Waals surface area (Å²) in [5.41, 5.74) is 1.83. The van der Waals surface area contributed by atoms with Gasteiger partial charge in [-0.1, -0.05) is 0 Å². The van der Waals surface area contributed by atoms with Gasteiger partial charge in [0.1, 0.15) is 11.5 Å². The van der Waals surface area contributed by atoms with Gasteiger partial charge in [0.15, 0.2) is 0 Å². The maximum atomic E-state index is 9.36. The summed E-state index contributed by atoms with van der Waals surface area (Å²) in [7, 11) is 4.53. The van der Waals surface area contributed by atoms with Crippen molar-refractivity contribution < 1.29 is 18.5 Å². The van der Waals surface area contributed by atoms with E-state index in [2.05, 4.69) is 26.0 Å². The van der Waals surface area contributed by atoms with Crippen LogP contribution in [0.2, 0.25) is 0 Å². The van der Waals surface area contributed by atoms with Gasteiger partial charge in [-0.25, -0.2) is 0 Å². The topological polar surface area (TPSA) is 51.6 Å². The summed E-state index contributed by atoms with van der Waals surface area (Å²) in [6.07, 6.45) is 2.57. The minimum absolute atomic E-state index is 0.173. The average molecular weight is 404 g/mol. The molecule has 28 heavy (non-hydrogen) atoms. The van der Waals surface area contributed by atoms with Crippen LogP contribution >= 0.6 is 11.9 Å². The third kappa shape index (κ3) is 5.87. The maximum Gasteiger partial charge on any atom is 0.133 e. The number of pyridine rings is 1. The summed E-state index contributed by atoms with van der Waals surface area (Å²) >= 11 is 2.01. The first-order chi connectivity index (χ1) is 13.5. The van der Waals surface area contributed by atoms with Crippen molar-refractivity contribution in [3.05, 3.63) is 42.6 Å². The van der Waals surface area contributed by atoms with E-state index in [9.17, 15) is 5.11 Å². The van der Waals surface area contributed by atoms with Crippen molar-refractivity contribution in [1.29, 1.82) is 0 Å². The van der Waals surface area contributed by atoms with Crippen molar-refractivity contribution in [2.24, 2.45) is 11.8 Å². The molecule has 2 atom stereocenters. The molecule has 5 nitrogen and oxygen atoms in total. The molecule has 152 valence electrons. The fourth-order valence-electron chi connectivity index (χ4n) is 3.12. The minimum Gasteiger partial charge on any atom is -0.506 e. The van der Waals surface area contributed by atoms with Crippen LogP contribution in [0.1, 0.15) is 13.3 Å². The monoisotopic (exact) mass is 403 g/mol. The predicted molar refractivity (Wildman–Crippen MR) is 114 cm³/mol. The van der Waals surface area contributed by atoms with Gasteiger partial charge in [-0.05, 0) is 55.7 Å². The van der Waals surface area contributed by atoms with Crippen molar-refractivity contribution in [2.45, 2.75) is 13.3 Å². The number of ether oxygens (including phenoxy) is 2. The SMILES string of the molecule is CC[N+](C)(C)SCC1CCOCC1COc1ccc(-c2ccc(O)cn2)cc1. The van der Waals surface area contributed by atoms with Gasteiger partial charge in [-0.3, -0.25) is 8.87 Å². The van der Waals surface area contributed by atoms with E-state index in [1.54, 1.807) is 6.07 Å². The lowest BCUT2D eigenvalue weighted by molar-refractivity contribution is -0.748. The number of nitrogens with zero attached hydrogens (tertiary/aromatic N) is 2. The summed E-state index contributed by atoms with van der Waals surface area (Å²) < 4.78 is 12.8. The molecule has 2 heterocycles. The normalized spacial score (nSPS) is 20.1. The summed E-state index contributed by atoms with van der Waals surface area (Å²) in [5, 5.41) is 9.36. The van der Waals surface area contributed by atoms with E-state index < -0.39 is 0 Å². The lowest BCUT2D eigenvalue weighted by atomic mass is 9.91. The van der Waals surface area contributed by atoms with Crippen LogP contribution in [0.5, 0.6) is 11.5 Å². The third-order valence-electron chi connectivity index (χ3n) is 5.39. The molecular formula is C22H31N2O3S+. The fraction of sp³-hybridized carbons (Fsp3) is 0.500. The molecule has 3 rings (SSSR count). The smallest absolute Gasteiger partial charge is 0.133 e. The fourth-order valence-corrected chi connectivity index (χ4v) is 4.33. The molecule has 1 aliphatic rings. The number of aromatic hydroxyl groups is 1. The molecule has 6 heteroatoms. The van der Waals surface area contributed by atoms with Crippen molar-refractivity contribution >= 4 is 11.9 Å². The Morgan fingerprint density at radius 1 is 1.18 bits per heavy atom. The van der Waals surface area contributed by atoms with Crippen LogP contribution in [0.25, 0.3) is 11.3 Å². The minimum atomic E-state index is 0.173. The van der Waals surface area contributed by atoms with Gasteiger partial charge in [0.05, 0.1) is 63.4 Å². The molecule has 0 radical (unpaired) electrons. The van der Waals surface area contributed by atoms with Crippen LogP contribution in [0.3, 0.4) is 0 Å². The maximum absolute atomic E-state index is 9.36. The quantitative estimate of drug-likeness (QED) is 0.528. The zero-order valence-corrected chi connectivity index (χ0v) is 17.8. The van der Waals surface area contributed by atoms with E-state index in [0.717, 1.165) is 52.8 Å². The van der Waals surface area contributed by atoms with E-state index in [1.165, 1.54) is 6.20 Å². The molecular weight excluding hydrogens is 372 g/mol. The van der Waals surface area contributed by atoms with Gasteiger partial charge in [-0.15, -0.1) is 0 Å². The second-order valence-electron chi connectivity index (χ2n) is 7.81. The van der Waals surface area contributed by atoms with Crippen LogP contribution in [0.4, 0.5) is 0 Å². The van der Waals surface area contributed by atoms with Gasteiger partial charge in [0.25, 0.3) is 0 Å². The lowest BCUT2D eigenvalue weighted by Crippen LogP contribution is -2.37. The highest BCUT2D eigenvalue weighted by Crippen LogP contribution is 2.30. The van der Waals surface area contributed by atoms with Crippen LogP contribution in [0, 0.1) is 11.8 Å². The molecule has 2 aromatic rings. The molecule has 1 aliphatic heterocycles. The zero-order chi connectivity index (χ0) is 20.0. The number of benzene rings is 1. The Hall–Kier alpha value is -1.76. The molecule has 1 aromatic carbocycles. The molecule has 2 unspecified atom stereocenters. The van der Waals surface area contributed by atoms with Gasteiger partial charge in [0, 0.05) is 18.1 Å². The molecule has 0 bridgehead atoms. The van der Waals surface area contributed by atoms with Crippen LogP contribution in [-0.4, -0.2) is 60.2 Å². The predicted octanol–water partition coefficient (Wildman–Crippen LogP) is 4.23. The van der Waals surface area contributed by atoms with Gasteiger partial charge in [0.2, 0.25) is 0 Å².